The molecule has 0 saturated carbocycles. The largest absolute Gasteiger partial charge is 0.384 e. The van der Waals surface area contributed by atoms with Crippen LogP contribution in [0.4, 0.5) is 11.6 Å². The number of hydrogen-bond donors (Lipinski definition) is 1. The second-order valence-corrected chi connectivity index (χ2v) is 6.23. The maximum absolute atomic E-state index is 5.87. The van der Waals surface area contributed by atoms with Gasteiger partial charge in [0.15, 0.2) is 0 Å². The third-order valence-corrected chi connectivity index (χ3v) is 4.66. The van der Waals surface area contributed by atoms with Gasteiger partial charge in [0.2, 0.25) is 0 Å². The molecule has 1 fully saturated rings. The lowest BCUT2D eigenvalue weighted by Gasteiger charge is -2.28. The summed E-state index contributed by atoms with van der Waals surface area (Å²) in [5.74, 6) is 1.56. The number of fused-ring (bicyclic) bond motifs is 1. The molecule has 1 aliphatic heterocycles. The quantitative estimate of drug-likeness (QED) is 0.796. The number of pyridine rings is 2. The van der Waals surface area contributed by atoms with Gasteiger partial charge in [0.1, 0.15) is 11.6 Å². The van der Waals surface area contributed by atoms with Crippen molar-refractivity contribution in [1.29, 1.82) is 0 Å². The standard InChI is InChI=1S/C20H22N4O/c1-2-17-15(7-8-18(21)22-17)16-5-3-4-14-6-9-19(23-20(14)16)24-10-12-25-13-11-24/h3-9H,2,10-13H2,1H3,(H2,21,22). The van der Waals surface area contributed by atoms with Crippen LogP contribution >= 0.6 is 0 Å². The summed E-state index contributed by atoms with van der Waals surface area (Å²) in [6, 6.07) is 14.4. The second-order valence-electron chi connectivity index (χ2n) is 6.23. The Morgan fingerprint density at radius 1 is 1.00 bits per heavy atom. The number of rotatable bonds is 3. The van der Waals surface area contributed by atoms with Crippen LogP contribution in [0.1, 0.15) is 12.6 Å². The highest BCUT2D eigenvalue weighted by atomic mass is 16.5. The lowest BCUT2D eigenvalue weighted by molar-refractivity contribution is 0.122. The number of anilines is 2. The first-order valence-electron chi connectivity index (χ1n) is 8.74. The van der Waals surface area contributed by atoms with Crippen molar-refractivity contribution in [3.63, 3.8) is 0 Å². The predicted octanol–water partition coefficient (Wildman–Crippen LogP) is 3.28. The Morgan fingerprint density at radius 2 is 1.84 bits per heavy atom. The summed E-state index contributed by atoms with van der Waals surface area (Å²) in [4.78, 5) is 11.8. The molecule has 0 spiro atoms. The van der Waals surface area contributed by atoms with Crippen LogP contribution in [0.5, 0.6) is 0 Å². The number of ether oxygens (including phenoxy) is 1. The van der Waals surface area contributed by atoms with E-state index in [0.717, 1.165) is 66.3 Å². The maximum atomic E-state index is 5.87. The fourth-order valence-electron chi connectivity index (χ4n) is 3.36. The van der Waals surface area contributed by atoms with Crippen LogP contribution in [0, 0.1) is 0 Å². The maximum Gasteiger partial charge on any atom is 0.129 e. The normalized spacial score (nSPS) is 14.8. The third-order valence-electron chi connectivity index (χ3n) is 4.66. The summed E-state index contributed by atoms with van der Waals surface area (Å²) in [7, 11) is 0. The summed E-state index contributed by atoms with van der Waals surface area (Å²) in [5.41, 5.74) is 10.1. The average molecular weight is 334 g/mol. The Labute approximate surface area is 147 Å². The number of hydrogen-bond acceptors (Lipinski definition) is 5. The topological polar surface area (TPSA) is 64.3 Å². The number of nitrogen functional groups attached to an aromatic ring is 1. The Morgan fingerprint density at radius 3 is 2.64 bits per heavy atom. The molecule has 3 aromatic rings. The van der Waals surface area contributed by atoms with Gasteiger partial charge in [0.25, 0.3) is 0 Å². The predicted molar refractivity (Wildman–Crippen MR) is 102 cm³/mol. The fourth-order valence-corrected chi connectivity index (χ4v) is 3.36. The summed E-state index contributed by atoms with van der Waals surface area (Å²) >= 11 is 0. The second kappa shape index (κ2) is 6.69. The minimum Gasteiger partial charge on any atom is -0.384 e. The molecule has 1 aliphatic rings. The minimum absolute atomic E-state index is 0.558. The van der Waals surface area contributed by atoms with E-state index in [2.05, 4.69) is 53.2 Å². The number of para-hydroxylation sites is 1. The monoisotopic (exact) mass is 334 g/mol. The zero-order chi connectivity index (χ0) is 17.2. The van der Waals surface area contributed by atoms with Crippen LogP contribution in [-0.2, 0) is 11.2 Å². The van der Waals surface area contributed by atoms with E-state index in [-0.39, 0.29) is 0 Å². The van der Waals surface area contributed by atoms with Crippen LogP contribution < -0.4 is 10.6 Å². The Kier molecular flexibility index (Phi) is 4.24. The van der Waals surface area contributed by atoms with Crippen molar-refractivity contribution in [3.8, 4) is 11.1 Å². The zero-order valence-corrected chi connectivity index (χ0v) is 14.4. The van der Waals surface area contributed by atoms with Gasteiger partial charge in [-0.25, -0.2) is 9.97 Å². The molecule has 0 amide bonds. The van der Waals surface area contributed by atoms with Crippen LogP contribution in [-0.4, -0.2) is 36.3 Å². The molecule has 0 bridgehead atoms. The average Bonchev–Trinajstić information content (AvgIpc) is 2.68. The molecule has 3 heterocycles. The molecular formula is C20H22N4O. The number of aromatic nitrogens is 2. The molecule has 128 valence electrons. The van der Waals surface area contributed by atoms with Gasteiger partial charge in [-0.2, -0.15) is 0 Å². The molecule has 1 saturated heterocycles. The van der Waals surface area contributed by atoms with E-state index in [0.29, 0.717) is 5.82 Å². The summed E-state index contributed by atoms with van der Waals surface area (Å²) in [5, 5.41) is 1.13. The van der Waals surface area contributed by atoms with Crippen LogP contribution in [0.25, 0.3) is 22.0 Å². The molecule has 25 heavy (non-hydrogen) atoms. The van der Waals surface area contributed by atoms with E-state index >= 15 is 0 Å². The van der Waals surface area contributed by atoms with Crippen LogP contribution in [0.15, 0.2) is 42.5 Å². The van der Waals surface area contributed by atoms with Gasteiger partial charge in [-0.05, 0) is 30.7 Å². The Hall–Kier alpha value is -2.66. The van der Waals surface area contributed by atoms with Crippen molar-refractivity contribution in [2.45, 2.75) is 13.3 Å². The molecular weight excluding hydrogens is 312 g/mol. The zero-order valence-electron chi connectivity index (χ0n) is 14.4. The van der Waals surface area contributed by atoms with Gasteiger partial charge in [0, 0.05) is 29.6 Å². The number of morpholine rings is 1. The molecule has 4 rings (SSSR count). The molecule has 1 aromatic carbocycles. The van der Waals surface area contributed by atoms with Gasteiger partial charge in [-0.15, -0.1) is 0 Å². The first-order chi connectivity index (χ1) is 12.3. The van der Waals surface area contributed by atoms with Crippen molar-refractivity contribution in [3.05, 3.63) is 48.2 Å². The van der Waals surface area contributed by atoms with Crippen molar-refractivity contribution < 1.29 is 4.74 Å². The Balaban J connectivity index is 1.86. The van der Waals surface area contributed by atoms with E-state index in [4.69, 9.17) is 15.5 Å². The highest BCUT2D eigenvalue weighted by Gasteiger charge is 2.15. The smallest absolute Gasteiger partial charge is 0.129 e. The van der Waals surface area contributed by atoms with Crippen LogP contribution in [0.3, 0.4) is 0 Å². The van der Waals surface area contributed by atoms with Crippen LogP contribution in [0.2, 0.25) is 0 Å². The van der Waals surface area contributed by atoms with Gasteiger partial charge < -0.3 is 15.4 Å². The lowest BCUT2D eigenvalue weighted by atomic mass is 9.99. The summed E-state index contributed by atoms with van der Waals surface area (Å²) in [6.45, 7) is 5.37. The van der Waals surface area contributed by atoms with Gasteiger partial charge in [-0.3, -0.25) is 0 Å². The van der Waals surface area contributed by atoms with Gasteiger partial charge in [-0.1, -0.05) is 25.1 Å². The molecule has 2 aromatic heterocycles. The molecule has 0 atom stereocenters. The van der Waals surface area contributed by atoms with E-state index in [1.807, 2.05) is 6.07 Å². The van der Waals surface area contributed by atoms with Gasteiger partial charge in [0.05, 0.1) is 24.4 Å². The lowest BCUT2D eigenvalue weighted by Crippen LogP contribution is -2.36. The van der Waals surface area contributed by atoms with E-state index in [1.165, 1.54) is 0 Å². The van der Waals surface area contributed by atoms with E-state index < -0.39 is 0 Å². The summed E-state index contributed by atoms with van der Waals surface area (Å²) in [6.07, 6.45) is 0.833. The molecule has 0 radical (unpaired) electrons. The fraction of sp³-hybridized carbons (Fsp3) is 0.300. The minimum atomic E-state index is 0.558. The number of benzene rings is 1. The van der Waals surface area contributed by atoms with E-state index in [1.54, 1.807) is 0 Å². The molecule has 0 aliphatic carbocycles. The molecule has 2 N–H and O–H groups in total. The molecule has 5 nitrogen and oxygen atoms in total. The van der Waals surface area contributed by atoms with Crippen molar-refractivity contribution in [2.24, 2.45) is 0 Å². The number of nitrogens with zero attached hydrogens (tertiary/aromatic N) is 3. The first kappa shape index (κ1) is 15.8. The number of nitrogens with two attached hydrogens (primary N) is 1. The molecule has 5 heteroatoms. The Bertz CT molecular complexity index is 903. The SMILES string of the molecule is CCc1nc(N)ccc1-c1cccc2ccc(N3CCOCC3)nc12. The summed E-state index contributed by atoms with van der Waals surface area (Å²) < 4.78 is 5.45. The van der Waals surface area contributed by atoms with E-state index in [9.17, 15) is 0 Å². The third kappa shape index (κ3) is 3.03. The van der Waals surface area contributed by atoms with Crippen molar-refractivity contribution in [1.82, 2.24) is 9.97 Å². The van der Waals surface area contributed by atoms with Crippen molar-refractivity contribution >= 4 is 22.5 Å². The van der Waals surface area contributed by atoms with Crippen molar-refractivity contribution in [2.75, 3.05) is 36.9 Å². The number of aryl methyl sites for hydroxylation is 1. The highest BCUT2D eigenvalue weighted by Crippen LogP contribution is 2.31. The first-order valence-corrected chi connectivity index (χ1v) is 8.74. The molecule has 0 unspecified atom stereocenters. The highest BCUT2D eigenvalue weighted by molar-refractivity contribution is 5.95. The van der Waals surface area contributed by atoms with Gasteiger partial charge >= 0.3 is 0 Å².